The number of nitrogens with two attached hydrogens (primary N) is 2. The fourth-order valence-electron chi connectivity index (χ4n) is 3.89. The van der Waals surface area contributed by atoms with Crippen LogP contribution in [0, 0.1) is 5.41 Å². The first-order chi connectivity index (χ1) is 18.7. The van der Waals surface area contributed by atoms with Crippen LogP contribution in [0.5, 0.6) is 17.2 Å². The molecular weight excluding hydrogens is 504 g/mol. The number of nitrogens with one attached hydrogen (secondary N) is 3. The zero-order valence-electron chi connectivity index (χ0n) is 21.5. The van der Waals surface area contributed by atoms with Crippen LogP contribution in [0.1, 0.15) is 36.8 Å². The van der Waals surface area contributed by atoms with Crippen molar-refractivity contribution in [1.82, 2.24) is 19.7 Å². The molecule has 0 amide bonds. The first-order valence-electron chi connectivity index (χ1n) is 11.9. The minimum Gasteiger partial charge on any atom is -0.493 e. The van der Waals surface area contributed by atoms with Crippen LogP contribution in [0.15, 0.2) is 59.5 Å². The van der Waals surface area contributed by atoms with Gasteiger partial charge < -0.3 is 31.0 Å². The Morgan fingerprint density at radius 1 is 1.18 bits per heavy atom. The molecule has 13 heteroatoms. The number of aromatic nitrogens is 4. The number of hydrogen-bond donors (Lipinski definition) is 5. The second-order valence-electron chi connectivity index (χ2n) is 8.28. The summed E-state index contributed by atoms with van der Waals surface area (Å²) in [6.07, 6.45) is 1.51. The zero-order valence-corrected chi connectivity index (χ0v) is 21.5. The molecule has 2 aromatic carbocycles. The first-order valence-corrected chi connectivity index (χ1v) is 11.9. The third kappa shape index (κ3) is 5.82. The summed E-state index contributed by atoms with van der Waals surface area (Å²) in [5.74, 6) is 0.707. The second-order valence-corrected chi connectivity index (χ2v) is 8.28. The molecule has 2 aromatic heterocycles. The van der Waals surface area contributed by atoms with Crippen molar-refractivity contribution in [3.05, 3.63) is 82.2 Å². The Labute approximate surface area is 223 Å². The molecule has 4 aromatic rings. The topological polar surface area (TPSA) is 196 Å². The van der Waals surface area contributed by atoms with Crippen LogP contribution in [0.4, 0.5) is 11.4 Å². The molecule has 2 heterocycles. The lowest BCUT2D eigenvalue weighted by atomic mass is 10.0. The van der Waals surface area contributed by atoms with Crippen LogP contribution in [-0.2, 0) is 4.79 Å². The smallest absolute Gasteiger partial charge is 0.349 e. The van der Waals surface area contributed by atoms with Gasteiger partial charge in [-0.1, -0.05) is 6.07 Å². The number of rotatable bonds is 10. The van der Waals surface area contributed by atoms with Gasteiger partial charge in [-0.15, -0.1) is 5.10 Å². The highest BCUT2D eigenvalue weighted by atomic mass is 16.5. The summed E-state index contributed by atoms with van der Waals surface area (Å²) in [4.78, 5) is 31.6. The maximum atomic E-state index is 12.9. The van der Waals surface area contributed by atoms with Gasteiger partial charge in [0.1, 0.15) is 17.6 Å². The van der Waals surface area contributed by atoms with Crippen LogP contribution in [-0.4, -0.2) is 45.3 Å². The average Bonchev–Trinajstić information content (AvgIpc) is 3.28. The highest BCUT2D eigenvalue weighted by Gasteiger charge is 2.23. The molecule has 0 unspecified atom stereocenters. The summed E-state index contributed by atoms with van der Waals surface area (Å²) >= 11 is 0. The lowest BCUT2D eigenvalue weighted by Crippen LogP contribution is -2.18. The van der Waals surface area contributed by atoms with Gasteiger partial charge in [0.25, 0.3) is 0 Å². The van der Waals surface area contributed by atoms with Crippen molar-refractivity contribution in [2.75, 3.05) is 24.8 Å². The molecule has 0 spiro atoms. The van der Waals surface area contributed by atoms with Gasteiger partial charge in [-0.25, -0.2) is 9.78 Å². The number of ether oxygens (including phenoxy) is 3. The number of carbonyl (C=O) groups is 1. The quantitative estimate of drug-likeness (QED) is 0.0875. The predicted molar refractivity (Wildman–Crippen MR) is 145 cm³/mol. The minimum atomic E-state index is -0.734. The third-order valence-corrected chi connectivity index (χ3v) is 5.58. The number of pyridine rings is 1. The van der Waals surface area contributed by atoms with Crippen molar-refractivity contribution >= 4 is 23.2 Å². The molecular formula is C26H28N8O5. The van der Waals surface area contributed by atoms with Crippen LogP contribution >= 0.6 is 0 Å². The van der Waals surface area contributed by atoms with Gasteiger partial charge in [-0.3, -0.25) is 15.2 Å². The highest BCUT2D eigenvalue weighted by molar-refractivity contribution is 5.98. The number of aromatic amines is 1. The molecule has 13 nitrogen and oxygen atoms in total. The largest absolute Gasteiger partial charge is 0.493 e. The van der Waals surface area contributed by atoms with Crippen LogP contribution in [0.3, 0.4) is 0 Å². The van der Waals surface area contributed by atoms with Crippen LogP contribution in [0.25, 0.3) is 5.82 Å². The predicted octanol–water partition coefficient (Wildman–Crippen LogP) is 2.36. The number of amidine groups is 1. The Bertz CT molecular complexity index is 1580. The summed E-state index contributed by atoms with van der Waals surface area (Å²) in [6, 6.07) is 12.6. The Hall–Kier alpha value is -5.33. The monoisotopic (exact) mass is 532 g/mol. The number of carbonyl (C=O) groups excluding carboxylic acids is 1. The molecule has 0 aliphatic carbocycles. The highest BCUT2D eigenvalue weighted by Crippen LogP contribution is 2.34. The molecule has 0 aliphatic heterocycles. The van der Waals surface area contributed by atoms with E-state index in [2.05, 4.69) is 20.4 Å². The number of esters is 1. The Balaban J connectivity index is 1.84. The van der Waals surface area contributed by atoms with Gasteiger partial charge in [-0.2, -0.15) is 4.68 Å². The van der Waals surface area contributed by atoms with Crippen LogP contribution in [0.2, 0.25) is 0 Å². The zero-order chi connectivity index (χ0) is 28.1. The fourth-order valence-corrected chi connectivity index (χ4v) is 3.89. The van der Waals surface area contributed by atoms with Gasteiger partial charge in [0.15, 0.2) is 23.1 Å². The van der Waals surface area contributed by atoms with Gasteiger partial charge in [0, 0.05) is 24.9 Å². The number of methoxy groups -OCH3 is 1. The third-order valence-electron chi connectivity index (χ3n) is 5.58. The molecule has 7 N–H and O–H groups in total. The Morgan fingerprint density at radius 2 is 1.97 bits per heavy atom. The maximum absolute atomic E-state index is 12.9. The molecule has 0 saturated carbocycles. The first kappa shape index (κ1) is 26.7. The molecule has 0 radical (unpaired) electrons. The summed E-state index contributed by atoms with van der Waals surface area (Å²) < 4.78 is 17.5. The minimum absolute atomic E-state index is 0.101. The molecule has 4 rings (SSSR count). The van der Waals surface area contributed by atoms with E-state index in [1.165, 1.54) is 26.3 Å². The van der Waals surface area contributed by atoms with E-state index in [4.69, 9.17) is 31.1 Å². The number of nitrogen functional groups attached to an aromatic ring is 2. The molecule has 202 valence electrons. The van der Waals surface area contributed by atoms with Gasteiger partial charge >= 0.3 is 11.7 Å². The fraction of sp³-hybridized carbons (Fsp3) is 0.192. The molecule has 0 bridgehead atoms. The molecule has 39 heavy (non-hydrogen) atoms. The molecule has 1 atom stereocenters. The van der Waals surface area contributed by atoms with Crippen molar-refractivity contribution in [2.45, 2.75) is 19.9 Å². The summed E-state index contributed by atoms with van der Waals surface area (Å²) in [5.41, 5.74) is 12.8. The maximum Gasteiger partial charge on any atom is 0.349 e. The second kappa shape index (κ2) is 11.4. The number of anilines is 2. The van der Waals surface area contributed by atoms with E-state index in [0.717, 1.165) is 4.68 Å². The molecule has 0 saturated heterocycles. The van der Waals surface area contributed by atoms with E-state index in [1.54, 1.807) is 42.5 Å². The normalized spacial score (nSPS) is 11.5. The Morgan fingerprint density at radius 3 is 2.64 bits per heavy atom. The van der Waals surface area contributed by atoms with Crippen molar-refractivity contribution in [1.29, 1.82) is 5.41 Å². The number of H-pyrrole nitrogens is 1. The van der Waals surface area contributed by atoms with Gasteiger partial charge in [0.2, 0.25) is 0 Å². The van der Waals surface area contributed by atoms with Gasteiger partial charge in [-0.05, 0) is 48.9 Å². The lowest BCUT2D eigenvalue weighted by Gasteiger charge is -2.21. The van der Waals surface area contributed by atoms with Crippen molar-refractivity contribution < 1.29 is 19.0 Å². The van der Waals surface area contributed by atoms with E-state index < -0.39 is 17.7 Å². The molecule has 0 aliphatic rings. The summed E-state index contributed by atoms with van der Waals surface area (Å²) in [5, 5.41) is 15.6. The van der Waals surface area contributed by atoms with E-state index in [0.29, 0.717) is 29.4 Å². The Kier molecular flexibility index (Phi) is 7.80. The van der Waals surface area contributed by atoms with E-state index in [1.807, 2.05) is 6.92 Å². The summed E-state index contributed by atoms with van der Waals surface area (Å²) in [6.45, 7) is 3.51. The van der Waals surface area contributed by atoms with Crippen molar-refractivity contribution in [3.63, 3.8) is 0 Å². The molecule has 0 fully saturated rings. The standard InChI is InChI=1S/C26H28N8O5/c1-4-38-21-12-15(7-10-19(21)37-3)22(24-32-26(36)34(33-24)25-18(27)6-5-11-30-25)31-16-8-9-17(23(28)29)20(13-16)39-14(2)35/h5-13,22,31H,4,27H2,1-3H3,(H3,28,29)(H,32,33,36)/t22-/m0/s1. The van der Waals surface area contributed by atoms with Crippen molar-refractivity contribution in [3.8, 4) is 23.1 Å². The number of benzene rings is 2. The van der Waals surface area contributed by atoms with Crippen LogP contribution < -0.4 is 36.7 Å². The lowest BCUT2D eigenvalue weighted by molar-refractivity contribution is -0.131. The number of hydrogen-bond acceptors (Lipinski definition) is 10. The van der Waals surface area contributed by atoms with Crippen molar-refractivity contribution in [2.24, 2.45) is 5.73 Å². The van der Waals surface area contributed by atoms with E-state index >= 15 is 0 Å². The summed E-state index contributed by atoms with van der Waals surface area (Å²) in [7, 11) is 1.54. The number of nitrogens with zero attached hydrogens (tertiary/aromatic N) is 3. The average molecular weight is 533 g/mol. The van der Waals surface area contributed by atoms with Gasteiger partial charge in [0.05, 0.1) is 25.0 Å². The SMILES string of the molecule is CCOc1cc([C@H](Nc2ccc(C(=N)N)c(OC(C)=O)c2)c2nn(-c3ncccc3N)c(=O)[nH]2)ccc1OC. The van der Waals surface area contributed by atoms with E-state index in [9.17, 15) is 9.59 Å². The van der Waals surface area contributed by atoms with E-state index in [-0.39, 0.29) is 34.5 Å².